The Morgan fingerprint density at radius 3 is 2.41 bits per heavy atom. The lowest BCUT2D eigenvalue weighted by Gasteiger charge is -2.15. The third-order valence-corrected chi connectivity index (χ3v) is 4.33. The Balaban J connectivity index is 1.81. The molecule has 0 heterocycles. The molecule has 2 aromatic rings. The fourth-order valence-corrected chi connectivity index (χ4v) is 2.89. The number of benzene rings is 2. The van der Waals surface area contributed by atoms with Gasteiger partial charge in [0.05, 0.1) is 5.69 Å². The SMILES string of the molecule is CC1=C(C)C(c2ccccc2CC=Nc2ccccc2)C=C1. The van der Waals surface area contributed by atoms with E-state index < -0.39 is 0 Å². The highest BCUT2D eigenvalue weighted by Crippen LogP contribution is 2.35. The van der Waals surface area contributed by atoms with E-state index in [0.29, 0.717) is 5.92 Å². The van der Waals surface area contributed by atoms with Crippen LogP contribution in [-0.4, -0.2) is 6.21 Å². The lowest BCUT2D eigenvalue weighted by Crippen LogP contribution is -2.01. The monoisotopic (exact) mass is 287 g/mol. The molecule has 0 radical (unpaired) electrons. The van der Waals surface area contributed by atoms with Crippen LogP contribution in [0.1, 0.15) is 30.9 Å². The summed E-state index contributed by atoms with van der Waals surface area (Å²) in [5, 5.41) is 0. The molecule has 1 aliphatic rings. The second-order valence-corrected chi connectivity index (χ2v) is 5.75. The van der Waals surface area contributed by atoms with E-state index in [-0.39, 0.29) is 0 Å². The van der Waals surface area contributed by atoms with Crippen LogP contribution < -0.4 is 0 Å². The summed E-state index contributed by atoms with van der Waals surface area (Å²) in [7, 11) is 0. The molecule has 1 atom stereocenters. The number of para-hydroxylation sites is 1. The Kier molecular flexibility index (Phi) is 4.34. The molecule has 0 spiro atoms. The molecule has 1 unspecified atom stereocenters. The molecule has 0 fully saturated rings. The van der Waals surface area contributed by atoms with Crippen LogP contribution in [0, 0.1) is 0 Å². The predicted molar refractivity (Wildman–Crippen MR) is 95.0 cm³/mol. The zero-order valence-electron chi connectivity index (χ0n) is 13.2. The van der Waals surface area contributed by atoms with Gasteiger partial charge in [-0.25, -0.2) is 0 Å². The Bertz CT molecular complexity index is 736. The first-order valence-corrected chi connectivity index (χ1v) is 7.76. The standard InChI is InChI=1S/C21H21N/c1-16-12-13-20(17(16)2)21-11-7-6-8-18(21)14-15-22-19-9-4-3-5-10-19/h3-13,15,20H,14H2,1-2H3. The van der Waals surface area contributed by atoms with Gasteiger partial charge in [-0.1, -0.05) is 65.8 Å². The molecular weight excluding hydrogens is 266 g/mol. The summed E-state index contributed by atoms with van der Waals surface area (Å²) in [5.74, 6) is 0.418. The van der Waals surface area contributed by atoms with Crippen LogP contribution in [0.4, 0.5) is 5.69 Å². The van der Waals surface area contributed by atoms with Crippen molar-refractivity contribution >= 4 is 11.9 Å². The zero-order valence-corrected chi connectivity index (χ0v) is 13.2. The maximum atomic E-state index is 4.55. The summed E-state index contributed by atoms with van der Waals surface area (Å²) in [6, 6.07) is 18.8. The van der Waals surface area contributed by atoms with Crippen molar-refractivity contribution in [2.24, 2.45) is 4.99 Å². The average molecular weight is 287 g/mol. The summed E-state index contributed by atoms with van der Waals surface area (Å²) in [5.41, 5.74) is 6.59. The van der Waals surface area contributed by atoms with Gasteiger partial charge >= 0.3 is 0 Å². The summed E-state index contributed by atoms with van der Waals surface area (Å²) in [6.07, 6.45) is 7.41. The maximum Gasteiger partial charge on any atom is 0.0625 e. The quantitative estimate of drug-likeness (QED) is 0.647. The van der Waals surface area contributed by atoms with Crippen LogP contribution in [0.2, 0.25) is 0 Å². The summed E-state index contributed by atoms with van der Waals surface area (Å²) >= 11 is 0. The normalized spacial score (nSPS) is 17.6. The van der Waals surface area contributed by atoms with Gasteiger partial charge in [0.15, 0.2) is 0 Å². The van der Waals surface area contributed by atoms with Crippen LogP contribution in [-0.2, 0) is 6.42 Å². The summed E-state index contributed by atoms with van der Waals surface area (Å²) < 4.78 is 0. The van der Waals surface area contributed by atoms with Gasteiger partial charge in [0.1, 0.15) is 0 Å². The number of rotatable bonds is 4. The Morgan fingerprint density at radius 1 is 0.955 bits per heavy atom. The average Bonchev–Trinajstić information content (AvgIpc) is 2.88. The third-order valence-electron chi connectivity index (χ3n) is 4.33. The van der Waals surface area contributed by atoms with Gasteiger partial charge in [-0.15, -0.1) is 0 Å². The van der Waals surface area contributed by atoms with Crippen LogP contribution in [0.3, 0.4) is 0 Å². The molecule has 22 heavy (non-hydrogen) atoms. The molecule has 0 amide bonds. The second kappa shape index (κ2) is 6.57. The largest absolute Gasteiger partial charge is 0.261 e. The van der Waals surface area contributed by atoms with E-state index in [9.17, 15) is 0 Å². The molecule has 1 nitrogen and oxygen atoms in total. The molecule has 0 aromatic heterocycles. The van der Waals surface area contributed by atoms with E-state index in [0.717, 1.165) is 12.1 Å². The molecule has 0 N–H and O–H groups in total. The minimum Gasteiger partial charge on any atom is -0.261 e. The van der Waals surface area contributed by atoms with E-state index in [1.807, 2.05) is 36.5 Å². The maximum absolute atomic E-state index is 4.55. The number of aliphatic imine (C=N–C) groups is 1. The number of hydrogen-bond donors (Lipinski definition) is 0. The topological polar surface area (TPSA) is 12.4 Å². The summed E-state index contributed by atoms with van der Waals surface area (Å²) in [6.45, 7) is 4.42. The van der Waals surface area contributed by atoms with Gasteiger partial charge < -0.3 is 0 Å². The van der Waals surface area contributed by atoms with Crippen molar-refractivity contribution in [2.45, 2.75) is 26.2 Å². The van der Waals surface area contributed by atoms with Crippen molar-refractivity contribution in [3.05, 3.63) is 89.0 Å². The molecule has 0 aliphatic heterocycles. The van der Waals surface area contributed by atoms with Gasteiger partial charge in [-0.3, -0.25) is 4.99 Å². The Hall–Kier alpha value is -2.41. The smallest absolute Gasteiger partial charge is 0.0625 e. The Morgan fingerprint density at radius 2 is 1.68 bits per heavy atom. The van der Waals surface area contributed by atoms with E-state index in [1.54, 1.807) is 0 Å². The van der Waals surface area contributed by atoms with Gasteiger partial charge in [0.25, 0.3) is 0 Å². The van der Waals surface area contributed by atoms with Crippen LogP contribution in [0.5, 0.6) is 0 Å². The molecule has 0 saturated heterocycles. The molecule has 0 bridgehead atoms. The first-order chi connectivity index (χ1) is 10.8. The predicted octanol–water partition coefficient (Wildman–Crippen LogP) is 5.62. The van der Waals surface area contributed by atoms with Crippen molar-refractivity contribution in [1.29, 1.82) is 0 Å². The molecular formula is C21H21N. The fraction of sp³-hybridized carbons (Fsp3) is 0.190. The van der Waals surface area contributed by atoms with Gasteiger partial charge in [0, 0.05) is 18.6 Å². The minimum atomic E-state index is 0.418. The molecule has 1 heteroatoms. The molecule has 0 saturated carbocycles. The highest BCUT2D eigenvalue weighted by molar-refractivity contribution is 5.67. The highest BCUT2D eigenvalue weighted by Gasteiger charge is 2.18. The molecule has 110 valence electrons. The number of allylic oxidation sites excluding steroid dienone is 4. The Labute approximate surface area is 132 Å². The van der Waals surface area contributed by atoms with Crippen molar-refractivity contribution in [3.63, 3.8) is 0 Å². The van der Waals surface area contributed by atoms with E-state index in [1.165, 1.54) is 22.3 Å². The molecule has 2 aromatic carbocycles. The zero-order chi connectivity index (χ0) is 15.4. The van der Waals surface area contributed by atoms with Crippen molar-refractivity contribution in [3.8, 4) is 0 Å². The van der Waals surface area contributed by atoms with Crippen molar-refractivity contribution in [2.75, 3.05) is 0 Å². The molecule has 1 aliphatic carbocycles. The lowest BCUT2D eigenvalue weighted by molar-refractivity contribution is 0.980. The number of hydrogen-bond acceptors (Lipinski definition) is 1. The van der Waals surface area contributed by atoms with Crippen LogP contribution >= 0.6 is 0 Å². The van der Waals surface area contributed by atoms with Crippen molar-refractivity contribution in [1.82, 2.24) is 0 Å². The fourth-order valence-electron chi connectivity index (χ4n) is 2.89. The van der Waals surface area contributed by atoms with Crippen molar-refractivity contribution < 1.29 is 0 Å². The number of nitrogens with zero attached hydrogens (tertiary/aromatic N) is 1. The first-order valence-electron chi connectivity index (χ1n) is 7.76. The second-order valence-electron chi connectivity index (χ2n) is 5.75. The van der Waals surface area contributed by atoms with Gasteiger partial charge in [-0.05, 0) is 37.1 Å². The van der Waals surface area contributed by atoms with E-state index in [4.69, 9.17) is 0 Å². The summed E-state index contributed by atoms with van der Waals surface area (Å²) in [4.78, 5) is 4.55. The lowest BCUT2D eigenvalue weighted by atomic mass is 9.89. The van der Waals surface area contributed by atoms with Crippen LogP contribution in [0.25, 0.3) is 0 Å². The highest BCUT2D eigenvalue weighted by atomic mass is 14.7. The van der Waals surface area contributed by atoms with Gasteiger partial charge in [0.2, 0.25) is 0 Å². The third kappa shape index (κ3) is 3.09. The first kappa shape index (κ1) is 14.5. The molecule has 3 rings (SSSR count). The van der Waals surface area contributed by atoms with E-state index >= 15 is 0 Å². The van der Waals surface area contributed by atoms with Crippen LogP contribution in [0.15, 0.2) is 82.9 Å². The van der Waals surface area contributed by atoms with E-state index in [2.05, 4.69) is 55.3 Å². The van der Waals surface area contributed by atoms with Gasteiger partial charge in [-0.2, -0.15) is 0 Å². The minimum absolute atomic E-state index is 0.418.